The van der Waals surface area contributed by atoms with Crippen molar-refractivity contribution in [3.05, 3.63) is 0 Å². The number of methoxy groups -OCH3 is 1. The van der Waals surface area contributed by atoms with Gasteiger partial charge in [0, 0.05) is 32.3 Å². The summed E-state index contributed by atoms with van der Waals surface area (Å²) in [4.78, 5) is 2.42. The van der Waals surface area contributed by atoms with Crippen LogP contribution in [0.2, 0.25) is 0 Å². The highest BCUT2D eigenvalue weighted by Crippen LogP contribution is 2.24. The van der Waals surface area contributed by atoms with Crippen LogP contribution in [-0.4, -0.2) is 49.3 Å². The molecule has 0 saturated heterocycles. The number of rotatable bonds is 10. The molecule has 19 heavy (non-hydrogen) atoms. The SMILES string of the molecule is CCC(C)N(CCOC)CCC(C)(C#N)NC1CC1. The minimum Gasteiger partial charge on any atom is -0.383 e. The Kier molecular flexibility index (Phi) is 6.78. The molecule has 2 atom stereocenters. The van der Waals surface area contributed by atoms with E-state index in [9.17, 15) is 5.26 Å². The van der Waals surface area contributed by atoms with E-state index in [1.54, 1.807) is 7.11 Å². The third-order valence-corrected chi connectivity index (χ3v) is 4.04. The van der Waals surface area contributed by atoms with E-state index in [0.29, 0.717) is 12.1 Å². The molecule has 1 saturated carbocycles. The van der Waals surface area contributed by atoms with Crippen LogP contribution in [0.25, 0.3) is 0 Å². The molecule has 4 heteroatoms. The van der Waals surface area contributed by atoms with E-state index in [4.69, 9.17) is 4.74 Å². The zero-order valence-electron chi connectivity index (χ0n) is 12.9. The third-order valence-electron chi connectivity index (χ3n) is 4.04. The van der Waals surface area contributed by atoms with Gasteiger partial charge in [0.15, 0.2) is 0 Å². The number of hydrogen-bond acceptors (Lipinski definition) is 4. The highest BCUT2D eigenvalue weighted by atomic mass is 16.5. The van der Waals surface area contributed by atoms with E-state index in [-0.39, 0.29) is 5.54 Å². The average Bonchev–Trinajstić information content (AvgIpc) is 3.21. The molecular weight excluding hydrogens is 238 g/mol. The molecular formula is C15H29N3O. The van der Waals surface area contributed by atoms with Crippen molar-refractivity contribution in [1.82, 2.24) is 10.2 Å². The molecule has 0 aliphatic heterocycles. The molecule has 1 fully saturated rings. The summed E-state index contributed by atoms with van der Waals surface area (Å²) in [6, 6.07) is 3.56. The number of nitrogens with one attached hydrogen (secondary N) is 1. The molecule has 4 nitrogen and oxygen atoms in total. The van der Waals surface area contributed by atoms with E-state index < -0.39 is 0 Å². The molecule has 0 aromatic rings. The lowest BCUT2D eigenvalue weighted by Crippen LogP contribution is -2.46. The van der Waals surface area contributed by atoms with Crippen LogP contribution in [0.5, 0.6) is 0 Å². The van der Waals surface area contributed by atoms with Crippen LogP contribution in [0.1, 0.15) is 46.5 Å². The highest BCUT2D eigenvalue weighted by Gasteiger charge is 2.32. The Morgan fingerprint density at radius 3 is 2.63 bits per heavy atom. The van der Waals surface area contributed by atoms with Gasteiger partial charge in [-0.2, -0.15) is 5.26 Å². The molecule has 0 heterocycles. The molecule has 0 radical (unpaired) electrons. The second-order valence-electron chi connectivity index (χ2n) is 5.90. The predicted molar refractivity (Wildman–Crippen MR) is 78.0 cm³/mol. The van der Waals surface area contributed by atoms with Crippen LogP contribution < -0.4 is 5.32 Å². The molecule has 1 aliphatic rings. The van der Waals surface area contributed by atoms with Crippen LogP contribution in [0.15, 0.2) is 0 Å². The first-order valence-corrected chi connectivity index (χ1v) is 7.46. The summed E-state index contributed by atoms with van der Waals surface area (Å²) in [5.74, 6) is 0. The summed E-state index contributed by atoms with van der Waals surface area (Å²) in [6.45, 7) is 9.11. The Morgan fingerprint density at radius 1 is 1.47 bits per heavy atom. The van der Waals surface area contributed by atoms with E-state index in [2.05, 4.69) is 30.1 Å². The lowest BCUT2D eigenvalue weighted by Gasteiger charge is -2.32. The van der Waals surface area contributed by atoms with Crippen molar-refractivity contribution in [2.75, 3.05) is 26.8 Å². The Labute approximate surface area is 118 Å². The zero-order chi connectivity index (χ0) is 14.3. The van der Waals surface area contributed by atoms with Gasteiger partial charge >= 0.3 is 0 Å². The third kappa shape index (κ3) is 5.90. The Balaban J connectivity index is 2.45. The van der Waals surface area contributed by atoms with E-state index in [1.807, 2.05) is 6.92 Å². The average molecular weight is 267 g/mol. The fourth-order valence-electron chi connectivity index (χ4n) is 2.23. The fourth-order valence-corrected chi connectivity index (χ4v) is 2.23. The Hall–Kier alpha value is -0.630. The molecule has 1 aliphatic carbocycles. The molecule has 0 amide bonds. The topological polar surface area (TPSA) is 48.3 Å². The minimum atomic E-state index is -0.389. The van der Waals surface area contributed by atoms with Crippen molar-refractivity contribution < 1.29 is 4.74 Å². The van der Waals surface area contributed by atoms with Crippen LogP contribution in [0, 0.1) is 11.3 Å². The van der Waals surface area contributed by atoms with Gasteiger partial charge in [-0.1, -0.05) is 6.92 Å². The van der Waals surface area contributed by atoms with Gasteiger partial charge in [-0.25, -0.2) is 0 Å². The van der Waals surface area contributed by atoms with Crippen LogP contribution in [0.4, 0.5) is 0 Å². The largest absolute Gasteiger partial charge is 0.383 e. The van der Waals surface area contributed by atoms with Gasteiger partial charge in [0.05, 0.1) is 12.7 Å². The number of nitrogens with zero attached hydrogens (tertiary/aromatic N) is 2. The van der Waals surface area contributed by atoms with Gasteiger partial charge in [0.1, 0.15) is 5.54 Å². The molecule has 0 bridgehead atoms. The van der Waals surface area contributed by atoms with Crippen LogP contribution in [0.3, 0.4) is 0 Å². The van der Waals surface area contributed by atoms with Crippen molar-refractivity contribution >= 4 is 0 Å². The first-order chi connectivity index (χ1) is 9.04. The van der Waals surface area contributed by atoms with Crippen molar-refractivity contribution in [3.63, 3.8) is 0 Å². The van der Waals surface area contributed by atoms with Gasteiger partial charge in [-0.3, -0.25) is 10.2 Å². The molecule has 2 unspecified atom stereocenters. The lowest BCUT2D eigenvalue weighted by atomic mass is 9.98. The Morgan fingerprint density at radius 2 is 2.16 bits per heavy atom. The maximum absolute atomic E-state index is 9.39. The first-order valence-electron chi connectivity index (χ1n) is 7.46. The lowest BCUT2D eigenvalue weighted by molar-refractivity contribution is 0.117. The van der Waals surface area contributed by atoms with Crippen molar-refractivity contribution in [3.8, 4) is 6.07 Å². The number of nitriles is 1. The van der Waals surface area contributed by atoms with Crippen LogP contribution >= 0.6 is 0 Å². The number of ether oxygens (including phenoxy) is 1. The van der Waals surface area contributed by atoms with Crippen LogP contribution in [-0.2, 0) is 4.74 Å². The summed E-state index contributed by atoms with van der Waals surface area (Å²) < 4.78 is 5.18. The van der Waals surface area contributed by atoms with E-state index >= 15 is 0 Å². The molecule has 0 aromatic carbocycles. The summed E-state index contributed by atoms with van der Waals surface area (Å²) in [7, 11) is 1.74. The quantitative estimate of drug-likeness (QED) is 0.659. The highest BCUT2D eigenvalue weighted by molar-refractivity contribution is 5.07. The van der Waals surface area contributed by atoms with Crippen molar-refractivity contribution in [1.29, 1.82) is 5.26 Å². The summed E-state index contributed by atoms with van der Waals surface area (Å²) >= 11 is 0. The molecule has 1 rings (SSSR count). The summed E-state index contributed by atoms with van der Waals surface area (Å²) in [5.41, 5.74) is -0.389. The minimum absolute atomic E-state index is 0.389. The van der Waals surface area contributed by atoms with Gasteiger partial charge in [0.2, 0.25) is 0 Å². The second kappa shape index (κ2) is 7.84. The smallest absolute Gasteiger partial charge is 0.105 e. The molecule has 0 aromatic heterocycles. The number of hydrogen-bond donors (Lipinski definition) is 1. The maximum Gasteiger partial charge on any atom is 0.105 e. The molecule has 1 N–H and O–H groups in total. The van der Waals surface area contributed by atoms with Gasteiger partial charge < -0.3 is 4.74 Å². The first kappa shape index (κ1) is 16.4. The van der Waals surface area contributed by atoms with Crippen molar-refractivity contribution in [2.45, 2.75) is 64.1 Å². The fraction of sp³-hybridized carbons (Fsp3) is 0.933. The normalized spacial score (nSPS) is 20.0. The molecule has 110 valence electrons. The van der Waals surface area contributed by atoms with E-state index in [1.165, 1.54) is 12.8 Å². The summed E-state index contributed by atoms with van der Waals surface area (Å²) in [5, 5.41) is 12.9. The Bertz CT molecular complexity index is 298. The maximum atomic E-state index is 9.39. The zero-order valence-corrected chi connectivity index (χ0v) is 12.9. The predicted octanol–water partition coefficient (Wildman–Crippen LogP) is 2.16. The van der Waals surface area contributed by atoms with Gasteiger partial charge in [-0.15, -0.1) is 0 Å². The monoisotopic (exact) mass is 267 g/mol. The van der Waals surface area contributed by atoms with Gasteiger partial charge in [-0.05, 0) is 39.5 Å². The van der Waals surface area contributed by atoms with Gasteiger partial charge in [0.25, 0.3) is 0 Å². The summed E-state index contributed by atoms with van der Waals surface area (Å²) in [6.07, 6.45) is 4.43. The standard InChI is InChI=1S/C15H29N3O/c1-5-13(2)18(10-11-19-4)9-8-15(3,12-16)17-14-6-7-14/h13-14,17H,5-11H2,1-4H3. The second-order valence-corrected chi connectivity index (χ2v) is 5.90. The van der Waals surface area contributed by atoms with E-state index in [0.717, 1.165) is 32.5 Å². The molecule has 0 spiro atoms. The van der Waals surface area contributed by atoms with Crippen molar-refractivity contribution in [2.24, 2.45) is 0 Å².